The highest BCUT2D eigenvalue weighted by atomic mass is 19.3. The van der Waals surface area contributed by atoms with Crippen molar-refractivity contribution in [2.75, 3.05) is 11.4 Å². The van der Waals surface area contributed by atoms with E-state index in [1.165, 1.54) is 0 Å². The number of rotatable bonds is 4. The molecule has 0 N–H and O–H groups in total. The number of benzene rings is 2. The molecule has 1 aliphatic rings. The van der Waals surface area contributed by atoms with E-state index in [0.717, 1.165) is 53.1 Å². The second-order valence-electron chi connectivity index (χ2n) is 9.32. The Morgan fingerprint density at radius 3 is 2.41 bits per heavy atom. The van der Waals surface area contributed by atoms with Crippen LogP contribution in [0.1, 0.15) is 49.4 Å². The van der Waals surface area contributed by atoms with Gasteiger partial charge in [-0.1, -0.05) is 19.9 Å². The van der Waals surface area contributed by atoms with Crippen molar-refractivity contribution in [3.63, 3.8) is 0 Å². The van der Waals surface area contributed by atoms with Crippen LogP contribution < -0.4 is 10.6 Å². The summed E-state index contributed by atoms with van der Waals surface area (Å²) in [5.41, 5.74) is 6.51. The van der Waals surface area contributed by atoms with Gasteiger partial charge in [-0.2, -0.15) is 0 Å². The number of aromatic nitrogens is 3. The van der Waals surface area contributed by atoms with Crippen molar-refractivity contribution in [2.24, 2.45) is 14.1 Å². The first-order chi connectivity index (χ1) is 16.3. The number of fused-ring (bicyclic) bond motifs is 2. The van der Waals surface area contributed by atoms with Gasteiger partial charge in [0, 0.05) is 55.0 Å². The lowest BCUT2D eigenvalue weighted by Gasteiger charge is -2.33. The van der Waals surface area contributed by atoms with Crippen LogP contribution >= 0.6 is 0 Å². The number of hydrogen-bond donors (Lipinski definition) is 0. The van der Waals surface area contributed by atoms with Crippen molar-refractivity contribution in [3.05, 3.63) is 76.0 Å². The van der Waals surface area contributed by atoms with Gasteiger partial charge in [-0.25, -0.2) is 13.6 Å². The number of hydrogen-bond acceptors (Lipinski definition) is 3. The van der Waals surface area contributed by atoms with E-state index in [9.17, 15) is 13.6 Å². The van der Waals surface area contributed by atoms with E-state index >= 15 is 0 Å². The monoisotopic (exact) mass is 462 g/mol. The van der Waals surface area contributed by atoms with Crippen LogP contribution in [0, 0.1) is 0 Å². The van der Waals surface area contributed by atoms with Gasteiger partial charge < -0.3 is 4.90 Å². The summed E-state index contributed by atoms with van der Waals surface area (Å²) in [4.78, 5) is 18.9. The standard InChI is InChI=1S/C27H28F2N4O/c1-16(2)22-9-7-18(15-30-22)20-12-17-6-5-11-33(24(17)14-21(20)26(28)29)19-8-10-23-25(13-19)32(4)27(34)31(23)3/h7-10,12-16,26H,5-6,11H2,1-4H3. The molecule has 5 rings (SSSR count). The quantitative estimate of drug-likeness (QED) is 0.369. The van der Waals surface area contributed by atoms with Crippen molar-refractivity contribution in [1.29, 1.82) is 0 Å². The minimum atomic E-state index is -2.61. The number of anilines is 2. The Hall–Kier alpha value is -3.48. The summed E-state index contributed by atoms with van der Waals surface area (Å²) in [6.07, 6.45) is 0.835. The van der Waals surface area contributed by atoms with Gasteiger partial charge in [-0.3, -0.25) is 14.1 Å². The van der Waals surface area contributed by atoms with E-state index in [0.29, 0.717) is 11.1 Å². The van der Waals surface area contributed by atoms with Crippen molar-refractivity contribution in [2.45, 2.75) is 39.0 Å². The molecular formula is C27H28F2N4O. The summed E-state index contributed by atoms with van der Waals surface area (Å²) in [6.45, 7) is 4.85. The second-order valence-corrected chi connectivity index (χ2v) is 9.32. The van der Waals surface area contributed by atoms with Crippen LogP contribution in [-0.4, -0.2) is 20.7 Å². The minimum Gasteiger partial charge on any atom is -0.341 e. The third-order valence-electron chi connectivity index (χ3n) is 6.86. The zero-order valence-corrected chi connectivity index (χ0v) is 19.8. The molecule has 2 aromatic carbocycles. The summed E-state index contributed by atoms with van der Waals surface area (Å²) in [7, 11) is 3.50. The Morgan fingerprint density at radius 2 is 1.74 bits per heavy atom. The van der Waals surface area contributed by atoms with Crippen molar-refractivity contribution in [3.8, 4) is 11.1 Å². The molecular weight excluding hydrogens is 434 g/mol. The molecule has 0 spiro atoms. The van der Waals surface area contributed by atoms with E-state index in [2.05, 4.69) is 23.7 Å². The molecule has 7 heteroatoms. The van der Waals surface area contributed by atoms with E-state index in [-0.39, 0.29) is 17.2 Å². The topological polar surface area (TPSA) is 43.1 Å². The van der Waals surface area contributed by atoms with Gasteiger partial charge in [0.25, 0.3) is 6.43 Å². The van der Waals surface area contributed by atoms with Gasteiger partial charge in [-0.05, 0) is 66.3 Å². The Balaban J connectivity index is 1.62. The van der Waals surface area contributed by atoms with Crippen LogP contribution in [0.25, 0.3) is 22.2 Å². The molecule has 5 nitrogen and oxygen atoms in total. The molecule has 3 heterocycles. The van der Waals surface area contributed by atoms with Crippen LogP contribution in [0.15, 0.2) is 53.5 Å². The molecule has 0 fully saturated rings. The van der Waals surface area contributed by atoms with Gasteiger partial charge in [0.15, 0.2) is 0 Å². The van der Waals surface area contributed by atoms with E-state index < -0.39 is 6.43 Å². The maximum Gasteiger partial charge on any atom is 0.328 e. The predicted octanol–water partition coefficient (Wildman–Crippen LogP) is 6.08. The third-order valence-corrected chi connectivity index (χ3v) is 6.86. The Labute approximate surface area is 197 Å². The van der Waals surface area contributed by atoms with Crippen molar-refractivity contribution >= 4 is 22.4 Å². The molecule has 0 atom stereocenters. The molecule has 2 aromatic heterocycles. The molecule has 0 aliphatic carbocycles. The van der Waals surface area contributed by atoms with Crippen molar-refractivity contribution < 1.29 is 8.78 Å². The summed E-state index contributed by atoms with van der Waals surface area (Å²) in [5.74, 6) is 0.280. The Morgan fingerprint density at radius 1 is 0.971 bits per heavy atom. The first-order valence-electron chi connectivity index (χ1n) is 11.6. The summed E-state index contributed by atoms with van der Waals surface area (Å²) >= 11 is 0. The normalized spacial score (nSPS) is 13.8. The van der Waals surface area contributed by atoms with E-state index in [4.69, 9.17) is 0 Å². The molecule has 0 saturated carbocycles. The van der Waals surface area contributed by atoms with Gasteiger partial charge in [-0.15, -0.1) is 0 Å². The second kappa shape index (κ2) is 8.38. The van der Waals surface area contributed by atoms with Gasteiger partial charge in [0.2, 0.25) is 0 Å². The average molecular weight is 463 g/mol. The number of halogens is 2. The van der Waals surface area contributed by atoms with E-state index in [1.807, 2.05) is 36.4 Å². The predicted molar refractivity (Wildman–Crippen MR) is 132 cm³/mol. The lowest BCUT2D eigenvalue weighted by Crippen LogP contribution is -2.25. The zero-order valence-electron chi connectivity index (χ0n) is 19.8. The van der Waals surface area contributed by atoms with Crippen LogP contribution in [0.4, 0.5) is 20.2 Å². The van der Waals surface area contributed by atoms with Crippen LogP contribution in [0.5, 0.6) is 0 Å². The Bertz CT molecular complexity index is 1430. The smallest absolute Gasteiger partial charge is 0.328 e. The highest BCUT2D eigenvalue weighted by molar-refractivity contribution is 5.84. The summed E-state index contributed by atoms with van der Waals surface area (Å²) in [6, 6.07) is 13.2. The van der Waals surface area contributed by atoms with E-state index in [1.54, 1.807) is 35.5 Å². The first kappa shape index (κ1) is 22.3. The maximum absolute atomic E-state index is 14.2. The number of pyridine rings is 1. The zero-order chi connectivity index (χ0) is 24.1. The number of alkyl halides is 2. The lowest BCUT2D eigenvalue weighted by atomic mass is 9.92. The molecule has 176 valence electrons. The summed E-state index contributed by atoms with van der Waals surface area (Å²) < 4.78 is 31.7. The number of nitrogens with zero attached hydrogens (tertiary/aromatic N) is 4. The fourth-order valence-corrected chi connectivity index (χ4v) is 4.92. The fourth-order valence-electron chi connectivity index (χ4n) is 4.92. The number of aryl methyl sites for hydroxylation is 3. The molecule has 0 saturated heterocycles. The fraction of sp³-hybridized carbons (Fsp3) is 0.333. The largest absolute Gasteiger partial charge is 0.341 e. The van der Waals surface area contributed by atoms with Crippen LogP contribution in [0.2, 0.25) is 0 Å². The highest BCUT2D eigenvalue weighted by Crippen LogP contribution is 2.41. The summed E-state index contributed by atoms with van der Waals surface area (Å²) in [5, 5.41) is 0. The molecule has 0 amide bonds. The SMILES string of the molecule is CC(C)c1ccc(-c2cc3c(cc2C(F)F)N(c2ccc4c(c2)n(C)c(=O)n4C)CCC3)cn1. The maximum atomic E-state index is 14.2. The average Bonchev–Trinajstić information content (AvgIpc) is 3.06. The van der Waals surface area contributed by atoms with Gasteiger partial charge in [0.1, 0.15) is 0 Å². The van der Waals surface area contributed by atoms with Crippen LogP contribution in [0.3, 0.4) is 0 Å². The minimum absolute atomic E-state index is 0.0120. The van der Waals surface area contributed by atoms with Gasteiger partial charge in [0.05, 0.1) is 11.0 Å². The third kappa shape index (κ3) is 3.59. The lowest BCUT2D eigenvalue weighted by molar-refractivity contribution is 0.152. The highest BCUT2D eigenvalue weighted by Gasteiger charge is 2.25. The molecule has 34 heavy (non-hydrogen) atoms. The Kier molecular flexibility index (Phi) is 5.50. The number of imidazole rings is 1. The molecule has 4 aromatic rings. The molecule has 1 aliphatic heterocycles. The van der Waals surface area contributed by atoms with Gasteiger partial charge >= 0.3 is 5.69 Å². The molecule has 0 bridgehead atoms. The first-order valence-corrected chi connectivity index (χ1v) is 11.6. The molecule has 0 unspecified atom stereocenters. The van der Waals surface area contributed by atoms with Crippen LogP contribution in [-0.2, 0) is 20.5 Å². The van der Waals surface area contributed by atoms with Crippen molar-refractivity contribution in [1.82, 2.24) is 14.1 Å². The molecule has 0 radical (unpaired) electrons.